The number of likely N-dealkylation sites (tertiary alicyclic amines) is 1. The molecule has 7 nitrogen and oxygen atoms in total. The molecule has 0 saturated carbocycles. The van der Waals surface area contributed by atoms with Crippen LogP contribution in [-0.4, -0.2) is 62.0 Å². The van der Waals surface area contributed by atoms with E-state index >= 15 is 0 Å². The summed E-state index contributed by atoms with van der Waals surface area (Å²) in [6, 6.07) is 10.1. The molecule has 1 N–H and O–H groups in total. The number of anilines is 1. The molecule has 0 unspecified atom stereocenters. The van der Waals surface area contributed by atoms with Crippen molar-refractivity contribution in [3.63, 3.8) is 0 Å². The lowest BCUT2D eigenvalue weighted by molar-refractivity contribution is -0.140. The molecule has 1 aromatic carbocycles. The molecular weight excluding hydrogens is 370 g/mol. The summed E-state index contributed by atoms with van der Waals surface area (Å²) >= 11 is 0. The van der Waals surface area contributed by atoms with Crippen LogP contribution in [0.3, 0.4) is 0 Å². The van der Waals surface area contributed by atoms with Crippen LogP contribution >= 0.6 is 0 Å². The third-order valence-electron chi connectivity index (χ3n) is 5.29. The highest BCUT2D eigenvalue weighted by Gasteiger charge is 2.28. The Hall–Kier alpha value is -2.41. The molecule has 2 amide bonds. The maximum atomic E-state index is 12.5. The molecule has 0 atom stereocenters. The van der Waals surface area contributed by atoms with Crippen LogP contribution in [-0.2, 0) is 19.1 Å². The Kier molecular flexibility index (Phi) is 9.64. The predicted molar refractivity (Wildman–Crippen MR) is 113 cm³/mol. The number of carbonyl (C=O) groups is 3. The molecule has 0 radical (unpaired) electrons. The smallest absolute Gasteiger partial charge is 0.305 e. The van der Waals surface area contributed by atoms with Gasteiger partial charge in [-0.05, 0) is 31.4 Å². The summed E-state index contributed by atoms with van der Waals surface area (Å²) in [6.07, 6.45) is 3.46. The number of benzene rings is 1. The van der Waals surface area contributed by atoms with Gasteiger partial charge >= 0.3 is 5.97 Å². The number of carbonyl (C=O) groups excluding carboxylic acids is 3. The number of para-hydroxylation sites is 1. The number of nitrogens with one attached hydrogen (secondary N) is 1. The quantitative estimate of drug-likeness (QED) is 0.607. The third kappa shape index (κ3) is 7.49. The molecule has 0 bridgehead atoms. The first-order valence-corrected chi connectivity index (χ1v) is 10.5. The first kappa shape index (κ1) is 22.9. The van der Waals surface area contributed by atoms with Crippen LogP contribution in [0, 0.1) is 0 Å². The minimum Gasteiger partial charge on any atom is -0.469 e. The van der Waals surface area contributed by atoms with E-state index in [4.69, 9.17) is 0 Å². The Morgan fingerprint density at radius 2 is 1.83 bits per heavy atom. The summed E-state index contributed by atoms with van der Waals surface area (Å²) in [7, 11) is 1.35. The van der Waals surface area contributed by atoms with E-state index in [0.29, 0.717) is 25.8 Å². The van der Waals surface area contributed by atoms with Crippen LogP contribution in [0.5, 0.6) is 0 Å². The van der Waals surface area contributed by atoms with E-state index in [1.807, 2.05) is 42.2 Å². The van der Waals surface area contributed by atoms with Crippen LogP contribution in [0.25, 0.3) is 0 Å². The zero-order valence-electron chi connectivity index (χ0n) is 17.6. The molecule has 29 heavy (non-hydrogen) atoms. The number of hydrogen-bond acceptors (Lipinski definition) is 5. The monoisotopic (exact) mass is 403 g/mol. The fourth-order valence-corrected chi connectivity index (χ4v) is 3.66. The molecular formula is C22H33N3O4. The molecule has 1 aliphatic rings. The van der Waals surface area contributed by atoms with Crippen molar-refractivity contribution >= 4 is 23.5 Å². The van der Waals surface area contributed by atoms with E-state index < -0.39 is 0 Å². The van der Waals surface area contributed by atoms with Crippen LogP contribution in [0.4, 0.5) is 5.69 Å². The Labute approximate surface area is 173 Å². The summed E-state index contributed by atoms with van der Waals surface area (Å²) in [6.45, 7) is 5.11. The van der Waals surface area contributed by atoms with Crippen molar-refractivity contribution in [3.8, 4) is 0 Å². The average molecular weight is 404 g/mol. The van der Waals surface area contributed by atoms with Gasteiger partial charge in [0.05, 0.1) is 7.11 Å². The molecule has 1 heterocycles. The lowest BCUT2D eigenvalue weighted by Gasteiger charge is -2.38. The fraction of sp³-hybridized carbons (Fsp3) is 0.591. The van der Waals surface area contributed by atoms with Gasteiger partial charge in [-0.3, -0.25) is 14.4 Å². The first-order chi connectivity index (χ1) is 14.0. The number of nitrogens with zero attached hydrogens (tertiary/aromatic N) is 2. The Balaban J connectivity index is 1.72. The number of hydrogen-bond donors (Lipinski definition) is 1. The van der Waals surface area contributed by atoms with Crippen molar-refractivity contribution in [2.24, 2.45) is 0 Å². The van der Waals surface area contributed by atoms with Gasteiger partial charge in [-0.15, -0.1) is 0 Å². The SMILES string of the molecule is CCC(=O)N(c1ccccc1)C1CCN(CCNC(=O)CCCC(=O)OC)CC1. The van der Waals surface area contributed by atoms with E-state index in [0.717, 1.165) is 38.2 Å². The molecule has 2 rings (SSSR count). The minimum absolute atomic E-state index is 0.0346. The van der Waals surface area contributed by atoms with Crippen molar-refractivity contribution in [3.05, 3.63) is 30.3 Å². The number of esters is 1. The van der Waals surface area contributed by atoms with Crippen molar-refractivity contribution in [1.29, 1.82) is 0 Å². The molecule has 1 aromatic rings. The Morgan fingerprint density at radius 3 is 2.45 bits per heavy atom. The lowest BCUT2D eigenvalue weighted by Crippen LogP contribution is -2.48. The van der Waals surface area contributed by atoms with Crippen molar-refractivity contribution < 1.29 is 19.1 Å². The second kappa shape index (κ2) is 12.2. The maximum absolute atomic E-state index is 12.5. The molecule has 0 aromatic heterocycles. The number of amides is 2. The summed E-state index contributed by atoms with van der Waals surface area (Å²) in [5.41, 5.74) is 0.969. The maximum Gasteiger partial charge on any atom is 0.305 e. The van der Waals surface area contributed by atoms with Gasteiger partial charge in [-0.2, -0.15) is 0 Å². The second-order valence-electron chi connectivity index (χ2n) is 7.31. The van der Waals surface area contributed by atoms with Gasteiger partial charge in [0.25, 0.3) is 0 Å². The largest absolute Gasteiger partial charge is 0.469 e. The number of ether oxygens (including phenoxy) is 1. The van der Waals surface area contributed by atoms with E-state index in [1.165, 1.54) is 7.11 Å². The average Bonchev–Trinajstić information content (AvgIpc) is 2.75. The number of piperidine rings is 1. The van der Waals surface area contributed by atoms with E-state index in [2.05, 4.69) is 15.0 Å². The Bertz CT molecular complexity index is 657. The fourth-order valence-electron chi connectivity index (χ4n) is 3.66. The molecule has 1 aliphatic heterocycles. The van der Waals surface area contributed by atoms with Crippen LogP contribution < -0.4 is 10.2 Å². The molecule has 1 saturated heterocycles. The van der Waals surface area contributed by atoms with E-state index in [9.17, 15) is 14.4 Å². The molecule has 0 aliphatic carbocycles. The molecule has 160 valence electrons. The third-order valence-corrected chi connectivity index (χ3v) is 5.29. The summed E-state index contributed by atoms with van der Waals surface area (Å²) in [5.74, 6) is -0.159. The lowest BCUT2D eigenvalue weighted by atomic mass is 10.0. The first-order valence-electron chi connectivity index (χ1n) is 10.5. The van der Waals surface area contributed by atoms with Crippen LogP contribution in [0.15, 0.2) is 30.3 Å². The molecule has 1 fully saturated rings. The van der Waals surface area contributed by atoms with E-state index in [-0.39, 0.29) is 30.2 Å². The van der Waals surface area contributed by atoms with Crippen molar-refractivity contribution in [2.75, 3.05) is 38.2 Å². The van der Waals surface area contributed by atoms with Gasteiger partial charge in [-0.1, -0.05) is 25.1 Å². The zero-order valence-corrected chi connectivity index (χ0v) is 17.6. The number of methoxy groups -OCH3 is 1. The topological polar surface area (TPSA) is 79.0 Å². The van der Waals surface area contributed by atoms with Gasteiger partial charge < -0.3 is 19.9 Å². The normalized spacial score (nSPS) is 15.0. The second-order valence-corrected chi connectivity index (χ2v) is 7.31. The summed E-state index contributed by atoms with van der Waals surface area (Å²) < 4.78 is 4.57. The number of rotatable bonds is 10. The molecule has 7 heteroatoms. The Morgan fingerprint density at radius 1 is 1.14 bits per heavy atom. The summed E-state index contributed by atoms with van der Waals surface area (Å²) in [4.78, 5) is 39.7. The summed E-state index contributed by atoms with van der Waals surface area (Å²) in [5, 5.41) is 2.91. The zero-order chi connectivity index (χ0) is 21.1. The van der Waals surface area contributed by atoms with Crippen molar-refractivity contribution in [1.82, 2.24) is 10.2 Å². The van der Waals surface area contributed by atoms with Crippen LogP contribution in [0.1, 0.15) is 45.4 Å². The van der Waals surface area contributed by atoms with E-state index in [1.54, 1.807) is 0 Å². The predicted octanol–water partition coefficient (Wildman–Crippen LogP) is 2.35. The molecule has 0 spiro atoms. The van der Waals surface area contributed by atoms with Gasteiger partial charge in [-0.25, -0.2) is 0 Å². The van der Waals surface area contributed by atoms with Gasteiger partial charge in [0, 0.05) is 57.2 Å². The standard InChI is InChI=1S/C22H33N3O4/c1-3-21(27)25(18-8-5-4-6-9-18)19-12-15-24(16-13-19)17-14-23-20(26)10-7-11-22(28)29-2/h4-6,8-9,19H,3,7,10-17H2,1-2H3,(H,23,26). The highest BCUT2D eigenvalue weighted by molar-refractivity contribution is 5.93. The van der Waals surface area contributed by atoms with Crippen molar-refractivity contribution in [2.45, 2.75) is 51.5 Å². The van der Waals surface area contributed by atoms with Crippen LogP contribution in [0.2, 0.25) is 0 Å². The highest BCUT2D eigenvalue weighted by atomic mass is 16.5. The highest BCUT2D eigenvalue weighted by Crippen LogP contribution is 2.24. The van der Waals surface area contributed by atoms with Gasteiger partial charge in [0.2, 0.25) is 11.8 Å². The minimum atomic E-state index is -0.285. The van der Waals surface area contributed by atoms with Gasteiger partial charge in [0.15, 0.2) is 0 Å². The van der Waals surface area contributed by atoms with Gasteiger partial charge in [0.1, 0.15) is 0 Å².